The molecular weight excluding hydrogens is 310 g/mol. The molecule has 9 heteroatoms. The zero-order chi connectivity index (χ0) is 15.5. The molecule has 0 radical (unpaired) electrons. The monoisotopic (exact) mass is 325 g/mol. The molecule has 0 atom stereocenters. The molecule has 0 aromatic carbocycles. The highest BCUT2D eigenvalue weighted by molar-refractivity contribution is 7.92. The Balaban J connectivity index is 2.11. The molecule has 3 N–H and O–H groups in total. The number of nitrogens with zero attached hydrogens (tertiary/aromatic N) is 3. The highest BCUT2D eigenvalue weighted by atomic mass is 32.2. The van der Waals surface area contributed by atoms with E-state index in [1.54, 1.807) is 31.6 Å². The van der Waals surface area contributed by atoms with Crippen LogP contribution in [0.3, 0.4) is 0 Å². The van der Waals surface area contributed by atoms with Crippen molar-refractivity contribution >= 4 is 33.0 Å². The maximum absolute atomic E-state index is 12.1. The molecule has 0 aliphatic rings. The van der Waals surface area contributed by atoms with Gasteiger partial charge in [0.2, 0.25) is 10.0 Å². The highest BCUT2D eigenvalue weighted by Crippen LogP contribution is 2.16. The second-order valence-electron chi connectivity index (χ2n) is 4.42. The topological polar surface area (TPSA) is 103 Å². The molecule has 0 aliphatic carbocycles. The van der Waals surface area contributed by atoms with Gasteiger partial charge in [0.25, 0.3) is 0 Å². The number of aryl methyl sites for hydroxylation is 2. The average Bonchev–Trinajstić information content (AvgIpc) is 2.79. The third kappa shape index (κ3) is 3.99. The van der Waals surface area contributed by atoms with Gasteiger partial charge in [-0.15, -0.1) is 0 Å². The first-order chi connectivity index (χ1) is 9.89. The maximum Gasteiger partial charge on any atom is 0.234 e. The molecule has 2 aromatic rings. The van der Waals surface area contributed by atoms with Gasteiger partial charge in [0, 0.05) is 19.4 Å². The van der Waals surface area contributed by atoms with Crippen molar-refractivity contribution in [2.24, 2.45) is 12.8 Å². The van der Waals surface area contributed by atoms with E-state index in [1.807, 2.05) is 0 Å². The van der Waals surface area contributed by atoms with E-state index in [4.69, 9.17) is 18.0 Å². The van der Waals surface area contributed by atoms with Crippen LogP contribution in [0.15, 0.2) is 30.7 Å². The first-order valence-electron chi connectivity index (χ1n) is 6.10. The SMILES string of the molecule is Cn1ncc(C(N)=S)c1NS(=O)(=O)CCc1ccncc1. The minimum atomic E-state index is -3.53. The predicted octanol–water partition coefficient (Wildman–Crippen LogP) is 0.434. The molecule has 7 nitrogen and oxygen atoms in total. The largest absolute Gasteiger partial charge is 0.389 e. The predicted molar refractivity (Wildman–Crippen MR) is 84.4 cm³/mol. The Morgan fingerprint density at radius 2 is 2.10 bits per heavy atom. The summed E-state index contributed by atoms with van der Waals surface area (Å²) in [4.78, 5) is 3.98. The van der Waals surface area contributed by atoms with E-state index in [0.29, 0.717) is 12.0 Å². The van der Waals surface area contributed by atoms with E-state index in [1.165, 1.54) is 10.9 Å². The minimum absolute atomic E-state index is 0.0566. The summed E-state index contributed by atoms with van der Waals surface area (Å²) in [6.45, 7) is 0. The number of pyridine rings is 1. The van der Waals surface area contributed by atoms with E-state index >= 15 is 0 Å². The molecule has 0 unspecified atom stereocenters. The molecule has 21 heavy (non-hydrogen) atoms. The fourth-order valence-corrected chi connectivity index (χ4v) is 3.03. The van der Waals surface area contributed by atoms with Crippen molar-refractivity contribution < 1.29 is 8.42 Å². The molecular formula is C12H15N5O2S2. The van der Waals surface area contributed by atoms with E-state index < -0.39 is 10.0 Å². The van der Waals surface area contributed by atoms with Gasteiger partial charge in [-0.2, -0.15) is 5.10 Å². The Kier molecular flexibility index (Phi) is 4.53. The van der Waals surface area contributed by atoms with Gasteiger partial charge in [-0.1, -0.05) is 12.2 Å². The third-order valence-corrected chi connectivity index (χ3v) is 4.33. The number of nitrogens with two attached hydrogens (primary N) is 1. The molecule has 0 saturated carbocycles. The van der Waals surface area contributed by atoms with Crippen molar-refractivity contribution in [3.63, 3.8) is 0 Å². The lowest BCUT2D eigenvalue weighted by molar-refractivity contribution is 0.599. The summed E-state index contributed by atoms with van der Waals surface area (Å²) in [5.41, 5.74) is 6.85. The van der Waals surface area contributed by atoms with Gasteiger partial charge in [-0.3, -0.25) is 14.4 Å². The lowest BCUT2D eigenvalue weighted by Gasteiger charge is -2.10. The van der Waals surface area contributed by atoms with Gasteiger partial charge in [0.1, 0.15) is 10.8 Å². The summed E-state index contributed by atoms with van der Waals surface area (Å²) in [7, 11) is -1.91. The highest BCUT2D eigenvalue weighted by Gasteiger charge is 2.17. The summed E-state index contributed by atoms with van der Waals surface area (Å²) >= 11 is 4.88. The molecule has 0 bridgehead atoms. The number of sulfonamides is 1. The van der Waals surface area contributed by atoms with Crippen molar-refractivity contribution in [2.45, 2.75) is 6.42 Å². The number of aromatic nitrogens is 3. The van der Waals surface area contributed by atoms with Crippen molar-refractivity contribution in [2.75, 3.05) is 10.5 Å². The first-order valence-corrected chi connectivity index (χ1v) is 8.16. The zero-order valence-corrected chi connectivity index (χ0v) is 13.0. The molecule has 0 spiro atoms. The molecule has 0 amide bonds. The van der Waals surface area contributed by atoms with Crippen molar-refractivity contribution in [1.82, 2.24) is 14.8 Å². The summed E-state index contributed by atoms with van der Waals surface area (Å²) in [6.07, 6.45) is 5.07. The van der Waals surface area contributed by atoms with Crippen LogP contribution in [0.1, 0.15) is 11.1 Å². The molecule has 0 fully saturated rings. The number of anilines is 1. The minimum Gasteiger partial charge on any atom is -0.389 e. The van der Waals surface area contributed by atoms with Crippen LogP contribution in [0, 0.1) is 0 Å². The van der Waals surface area contributed by atoms with Crippen LogP contribution in [0.4, 0.5) is 5.82 Å². The van der Waals surface area contributed by atoms with Crippen LogP contribution in [-0.4, -0.2) is 33.9 Å². The fraction of sp³-hybridized carbons (Fsp3) is 0.250. The number of rotatable bonds is 6. The Bertz CT molecular complexity index is 740. The zero-order valence-electron chi connectivity index (χ0n) is 11.4. The standard InChI is InChI=1S/C12H15N5O2S2/c1-17-12(10(8-15-17)11(13)20)16-21(18,19)7-4-9-2-5-14-6-3-9/h2-3,5-6,8,16H,4,7H2,1H3,(H2,13,20). The number of hydrogen-bond donors (Lipinski definition) is 2. The van der Waals surface area contributed by atoms with Gasteiger partial charge < -0.3 is 5.73 Å². The van der Waals surface area contributed by atoms with Crippen LogP contribution in [0.5, 0.6) is 0 Å². The van der Waals surface area contributed by atoms with Crippen LogP contribution < -0.4 is 10.5 Å². The van der Waals surface area contributed by atoms with Crippen molar-refractivity contribution in [1.29, 1.82) is 0 Å². The average molecular weight is 325 g/mol. The number of thiocarbonyl (C=S) groups is 1. The molecule has 0 aliphatic heterocycles. The van der Waals surface area contributed by atoms with Crippen molar-refractivity contribution in [3.05, 3.63) is 41.9 Å². The second-order valence-corrected chi connectivity index (χ2v) is 6.70. The Hall–Kier alpha value is -2.00. The van der Waals surface area contributed by atoms with Gasteiger partial charge in [-0.05, 0) is 24.1 Å². The van der Waals surface area contributed by atoms with E-state index in [9.17, 15) is 8.42 Å². The lowest BCUT2D eigenvalue weighted by Crippen LogP contribution is -2.22. The Morgan fingerprint density at radius 3 is 2.71 bits per heavy atom. The molecule has 2 heterocycles. The smallest absolute Gasteiger partial charge is 0.234 e. The molecule has 2 aromatic heterocycles. The van der Waals surface area contributed by atoms with Crippen LogP contribution >= 0.6 is 12.2 Å². The van der Waals surface area contributed by atoms with Gasteiger partial charge in [-0.25, -0.2) is 8.42 Å². The fourth-order valence-electron chi connectivity index (χ4n) is 1.74. The van der Waals surface area contributed by atoms with Gasteiger partial charge in [0.05, 0.1) is 17.5 Å². The molecule has 2 rings (SSSR count). The summed E-state index contributed by atoms with van der Waals surface area (Å²) < 4.78 is 28.2. The second kappa shape index (κ2) is 6.19. The Morgan fingerprint density at radius 1 is 1.43 bits per heavy atom. The first kappa shape index (κ1) is 15.4. The normalized spacial score (nSPS) is 11.3. The number of nitrogens with one attached hydrogen (secondary N) is 1. The summed E-state index contributed by atoms with van der Waals surface area (Å²) in [5, 5.41) is 3.95. The maximum atomic E-state index is 12.1. The lowest BCUT2D eigenvalue weighted by atomic mass is 10.2. The van der Waals surface area contributed by atoms with E-state index in [-0.39, 0.29) is 16.6 Å². The van der Waals surface area contributed by atoms with Crippen LogP contribution in [0.25, 0.3) is 0 Å². The van der Waals surface area contributed by atoms with E-state index in [2.05, 4.69) is 14.8 Å². The number of hydrogen-bond acceptors (Lipinski definition) is 5. The van der Waals surface area contributed by atoms with Crippen molar-refractivity contribution in [3.8, 4) is 0 Å². The third-order valence-electron chi connectivity index (χ3n) is 2.87. The summed E-state index contributed by atoms with van der Waals surface area (Å²) in [6, 6.07) is 3.56. The van der Waals surface area contributed by atoms with Crippen LogP contribution in [-0.2, 0) is 23.5 Å². The van der Waals surface area contributed by atoms with Crippen LogP contribution in [0.2, 0.25) is 0 Å². The molecule has 112 valence electrons. The quantitative estimate of drug-likeness (QED) is 0.747. The Labute approximate surface area is 128 Å². The summed E-state index contributed by atoms with van der Waals surface area (Å²) in [5.74, 6) is 0.219. The van der Waals surface area contributed by atoms with E-state index in [0.717, 1.165) is 5.56 Å². The molecule has 0 saturated heterocycles. The van der Waals surface area contributed by atoms with Gasteiger partial charge >= 0.3 is 0 Å². The van der Waals surface area contributed by atoms with Gasteiger partial charge in [0.15, 0.2) is 0 Å².